The summed E-state index contributed by atoms with van der Waals surface area (Å²) >= 11 is 1.71. The number of thiophene rings is 1. The van der Waals surface area contributed by atoms with Gasteiger partial charge in [-0.15, -0.1) is 11.3 Å². The Morgan fingerprint density at radius 2 is 1.05 bits per heavy atom. The van der Waals surface area contributed by atoms with Crippen LogP contribution in [0.15, 0.2) is 47.0 Å². The molecule has 3 aromatic rings. The number of benzene rings is 2. The van der Waals surface area contributed by atoms with Crippen molar-refractivity contribution in [3.63, 3.8) is 0 Å². The molecule has 2 heterocycles. The zero-order chi connectivity index (χ0) is 57.6. The number of unbranched alkanes of at least 4 members (excludes halogenated alkanes) is 2. The Balaban J connectivity index is 0.850. The molecule has 23 heteroatoms. The third kappa shape index (κ3) is 29.0. The maximum absolute atomic E-state index is 13.9. The lowest BCUT2D eigenvalue weighted by Crippen LogP contribution is -2.33. The minimum atomic E-state index is -1.80. The van der Waals surface area contributed by atoms with Crippen molar-refractivity contribution in [3.05, 3.63) is 86.1 Å². The molecule has 0 bridgehead atoms. The third-order valence-electron chi connectivity index (χ3n) is 11.8. The molecule has 1 amide bonds. The molecule has 1 aliphatic rings. The van der Waals surface area contributed by atoms with Gasteiger partial charge >= 0.3 is 5.97 Å². The Hall–Kier alpha value is -4.47. The van der Waals surface area contributed by atoms with Gasteiger partial charge in [0.2, 0.25) is 17.4 Å². The number of hydrogen-bond donors (Lipinski definition) is 1. The van der Waals surface area contributed by atoms with E-state index in [0.717, 1.165) is 67.9 Å². The van der Waals surface area contributed by atoms with Crippen LogP contribution in [0.3, 0.4) is 0 Å². The van der Waals surface area contributed by atoms with E-state index >= 15 is 0 Å². The van der Waals surface area contributed by atoms with Crippen LogP contribution >= 0.6 is 11.3 Å². The summed E-state index contributed by atoms with van der Waals surface area (Å²) in [7, 11) is 6.24. The maximum atomic E-state index is 13.9. The molecule has 1 aromatic heterocycles. The zero-order valence-corrected chi connectivity index (χ0v) is 48.1. The highest BCUT2D eigenvalue weighted by molar-refractivity contribution is 7.13. The van der Waals surface area contributed by atoms with Gasteiger partial charge in [0.05, 0.1) is 149 Å². The average Bonchev–Trinajstić information content (AvgIpc) is 3.73. The van der Waals surface area contributed by atoms with Crippen LogP contribution in [-0.4, -0.2) is 205 Å². The van der Waals surface area contributed by atoms with Gasteiger partial charge in [0.1, 0.15) is 5.84 Å². The van der Waals surface area contributed by atoms with Crippen LogP contribution in [0.1, 0.15) is 66.3 Å². The van der Waals surface area contributed by atoms with Crippen LogP contribution in [0, 0.1) is 23.3 Å². The number of amides is 1. The van der Waals surface area contributed by atoms with E-state index in [-0.39, 0.29) is 31.8 Å². The van der Waals surface area contributed by atoms with Crippen molar-refractivity contribution in [2.45, 2.75) is 65.0 Å². The quantitative estimate of drug-likeness (QED) is 0.0194. The molecule has 80 heavy (non-hydrogen) atoms. The van der Waals surface area contributed by atoms with Gasteiger partial charge in [-0.2, -0.15) is 8.78 Å². The lowest BCUT2D eigenvalue weighted by atomic mass is 10.1. The second-order valence-electron chi connectivity index (χ2n) is 19.0. The van der Waals surface area contributed by atoms with Crippen LogP contribution in [-0.2, 0) is 76.5 Å². The molecule has 0 aliphatic carbocycles. The lowest BCUT2D eigenvalue weighted by Gasteiger charge is -2.24. The zero-order valence-electron chi connectivity index (χ0n) is 47.3. The normalized spacial score (nSPS) is 12.5. The molecular formula is C57H85F4N5O13S. The Labute approximate surface area is 473 Å². The summed E-state index contributed by atoms with van der Waals surface area (Å²) < 4.78 is 113. The van der Waals surface area contributed by atoms with Crippen molar-refractivity contribution in [3.8, 4) is 5.75 Å². The van der Waals surface area contributed by atoms with E-state index in [2.05, 4.69) is 72.9 Å². The summed E-state index contributed by atoms with van der Waals surface area (Å²) in [5, 5.41) is 0. The summed E-state index contributed by atoms with van der Waals surface area (Å²) in [4.78, 5) is 39.0. The van der Waals surface area contributed by atoms with Gasteiger partial charge in [0, 0.05) is 49.1 Å². The number of nitrogens with two attached hydrogens (primary N) is 1. The van der Waals surface area contributed by atoms with Gasteiger partial charge < -0.3 is 72.5 Å². The number of amidine groups is 1. The summed E-state index contributed by atoms with van der Waals surface area (Å²) in [6, 6.07) is 10.7. The maximum Gasteiger partial charge on any atom is 0.313 e. The van der Waals surface area contributed by atoms with Crippen LogP contribution < -0.4 is 10.5 Å². The standard InChI is InChI=1S/C57H85F4N5O13S/c1-5-15-66(43-45-12-10-44(11-13-45)42-64(2)3)57(68)46-38-51-50(63-52(62)39-46)40-47(80-51)9-7-6-8-16-65(4)17-19-70-21-23-72-25-27-74-29-31-76-33-35-78-37-36-77-34-32-75-30-28-73-26-24-71-22-20-69-18-14-53(67)79-56-54(60)48(58)41-49(59)55(56)61/h10-13,38,40-41H,5-9,14-37,39,42-43H2,1-4H3,(H2,62,63). The molecule has 0 spiro atoms. The number of halogens is 4. The van der Waals surface area contributed by atoms with E-state index in [1.54, 1.807) is 11.3 Å². The molecule has 18 nitrogen and oxygen atoms in total. The van der Waals surface area contributed by atoms with Gasteiger partial charge in [0.25, 0.3) is 5.91 Å². The molecular weight excluding hydrogens is 1070 g/mol. The van der Waals surface area contributed by atoms with Gasteiger partial charge in [-0.1, -0.05) is 37.6 Å². The second kappa shape index (κ2) is 41.5. The highest BCUT2D eigenvalue weighted by atomic mass is 32.1. The van der Waals surface area contributed by atoms with Crippen LogP contribution in [0.2, 0.25) is 0 Å². The average molecular weight is 1160 g/mol. The summed E-state index contributed by atoms with van der Waals surface area (Å²) in [6.07, 6.45) is 7.09. The van der Waals surface area contributed by atoms with Crippen LogP contribution in [0.25, 0.3) is 6.08 Å². The molecule has 4 rings (SSSR count). The first-order valence-electron chi connectivity index (χ1n) is 27.5. The lowest BCUT2D eigenvalue weighted by molar-refractivity contribution is -0.136. The number of ether oxygens (including phenoxy) is 11. The van der Waals surface area contributed by atoms with Crippen molar-refractivity contribution in [1.29, 1.82) is 0 Å². The van der Waals surface area contributed by atoms with Crippen LogP contribution in [0.4, 0.5) is 23.2 Å². The number of rotatable bonds is 47. The van der Waals surface area contributed by atoms with Gasteiger partial charge in [-0.25, -0.2) is 13.8 Å². The first-order valence-corrected chi connectivity index (χ1v) is 28.3. The number of fused-ring (bicyclic) bond motifs is 1. The van der Waals surface area contributed by atoms with Crippen molar-refractivity contribution in [2.75, 3.05) is 173 Å². The van der Waals surface area contributed by atoms with E-state index < -0.39 is 41.4 Å². The molecule has 1 aliphatic heterocycles. The predicted octanol–water partition coefficient (Wildman–Crippen LogP) is 7.39. The third-order valence-corrected chi connectivity index (χ3v) is 13.0. The number of carbonyl (C=O) groups excluding carboxylic acids is 2. The van der Waals surface area contributed by atoms with Gasteiger partial charge in [-0.3, -0.25) is 9.59 Å². The predicted molar refractivity (Wildman–Crippen MR) is 298 cm³/mol. The first-order chi connectivity index (χ1) is 38.8. The number of aliphatic imine (C=N–C) groups is 1. The SMILES string of the molecule is CCCN(Cc1ccc(CN(C)C)cc1)C(=O)C1=Cc2sc(CCCCCN(C)CCOCCOCCOCCOCCOCCOCCOCCOCCOCCOCCC(=O)Oc3c(F)c(F)cc(F)c3F)cc2N=C(N)C1. The number of nitrogens with zero attached hydrogens (tertiary/aromatic N) is 4. The van der Waals surface area contributed by atoms with E-state index in [1.165, 1.54) is 10.4 Å². The molecule has 450 valence electrons. The fourth-order valence-electron chi connectivity index (χ4n) is 7.79. The Morgan fingerprint density at radius 3 is 1.52 bits per heavy atom. The fourth-order valence-corrected chi connectivity index (χ4v) is 8.90. The van der Waals surface area contributed by atoms with E-state index in [1.807, 2.05) is 11.0 Å². The number of carbonyl (C=O) groups is 2. The monoisotopic (exact) mass is 1160 g/mol. The Kier molecular flexibility index (Phi) is 35.3. The molecule has 0 fully saturated rings. The van der Waals surface area contributed by atoms with Crippen molar-refractivity contribution in [1.82, 2.24) is 14.7 Å². The van der Waals surface area contributed by atoms with E-state index in [9.17, 15) is 27.2 Å². The van der Waals surface area contributed by atoms with E-state index in [4.69, 9.17) is 58.1 Å². The van der Waals surface area contributed by atoms with Crippen molar-refractivity contribution < 1.29 is 79.3 Å². The molecule has 0 saturated heterocycles. The number of hydrogen-bond acceptors (Lipinski definition) is 18. The highest BCUT2D eigenvalue weighted by Crippen LogP contribution is 2.36. The van der Waals surface area contributed by atoms with Gasteiger partial charge in [-0.05, 0) is 76.6 Å². The summed E-state index contributed by atoms with van der Waals surface area (Å²) in [5.74, 6) is -9.01. The van der Waals surface area contributed by atoms with E-state index in [0.29, 0.717) is 143 Å². The minimum Gasteiger partial charge on any atom is -0.420 e. The number of aryl methyl sites for hydroxylation is 1. The van der Waals surface area contributed by atoms with Gasteiger partial charge in [0.15, 0.2) is 11.6 Å². The van der Waals surface area contributed by atoms with Crippen molar-refractivity contribution in [2.24, 2.45) is 10.7 Å². The minimum absolute atomic E-state index is 0.0183. The summed E-state index contributed by atoms with van der Waals surface area (Å²) in [5.41, 5.74) is 10.3. The number of esters is 1. The Morgan fingerprint density at radius 1 is 0.588 bits per heavy atom. The molecule has 2 N–H and O–H groups in total. The molecule has 0 unspecified atom stereocenters. The topological polar surface area (TPSA) is 184 Å². The van der Waals surface area contributed by atoms with Crippen molar-refractivity contribution >= 4 is 40.8 Å². The molecule has 0 radical (unpaired) electrons. The highest BCUT2D eigenvalue weighted by Gasteiger charge is 2.24. The molecule has 2 aromatic carbocycles. The first kappa shape index (κ1) is 68.0. The number of likely N-dealkylation sites (N-methyl/N-ethyl adjacent to an activating group) is 1. The largest absolute Gasteiger partial charge is 0.420 e. The fraction of sp³-hybridized carbons (Fsp3) is 0.632. The van der Waals surface area contributed by atoms with Crippen LogP contribution in [0.5, 0.6) is 5.75 Å². The summed E-state index contributed by atoms with van der Waals surface area (Å²) in [6.45, 7) is 13.8. The smallest absolute Gasteiger partial charge is 0.313 e. The molecule has 0 atom stereocenters. The Bertz CT molecular complexity index is 2240. The second-order valence-corrected chi connectivity index (χ2v) is 20.1. The molecule has 0 saturated carbocycles.